The van der Waals surface area contributed by atoms with Gasteiger partial charge in [0.05, 0.1) is 5.56 Å². The van der Waals surface area contributed by atoms with E-state index in [0.29, 0.717) is 22.2 Å². The number of H-pyrrole nitrogens is 1. The Morgan fingerprint density at radius 3 is 2.40 bits per heavy atom. The Labute approximate surface area is 144 Å². The van der Waals surface area contributed by atoms with Gasteiger partial charge in [-0.25, -0.2) is 0 Å². The summed E-state index contributed by atoms with van der Waals surface area (Å²) >= 11 is 0. The molecular weight excluding hydrogens is 318 g/mol. The molecule has 0 unspecified atom stereocenters. The number of hydrogen-bond donors (Lipinski definition) is 2. The van der Waals surface area contributed by atoms with Gasteiger partial charge >= 0.3 is 0 Å². The average molecular weight is 335 g/mol. The Bertz CT molecular complexity index is 1010. The number of pyridine rings is 1. The van der Waals surface area contributed by atoms with Gasteiger partial charge in [0.2, 0.25) is 11.5 Å². The van der Waals surface area contributed by atoms with Crippen molar-refractivity contribution in [2.45, 2.75) is 6.92 Å². The van der Waals surface area contributed by atoms with Crippen molar-refractivity contribution in [1.82, 2.24) is 4.98 Å². The molecule has 0 atom stereocenters. The Hall–Kier alpha value is -3.41. The first-order valence-electron chi connectivity index (χ1n) is 7.73. The van der Waals surface area contributed by atoms with E-state index in [9.17, 15) is 14.4 Å². The molecule has 6 nitrogen and oxygen atoms in total. The summed E-state index contributed by atoms with van der Waals surface area (Å²) in [7, 11) is 1.68. The molecule has 3 aromatic rings. The molecule has 0 saturated heterocycles. The van der Waals surface area contributed by atoms with Gasteiger partial charge in [0, 0.05) is 42.3 Å². The Kier molecular flexibility index (Phi) is 4.35. The summed E-state index contributed by atoms with van der Waals surface area (Å²) in [5, 5.41) is 3.45. The van der Waals surface area contributed by atoms with Gasteiger partial charge in [-0.05, 0) is 30.3 Å². The third-order valence-corrected chi connectivity index (χ3v) is 3.98. The van der Waals surface area contributed by atoms with E-state index in [-0.39, 0.29) is 17.4 Å². The van der Waals surface area contributed by atoms with Crippen LogP contribution in [-0.4, -0.2) is 23.8 Å². The highest BCUT2D eigenvalue weighted by molar-refractivity contribution is 6.12. The van der Waals surface area contributed by atoms with Crippen molar-refractivity contribution < 1.29 is 9.59 Å². The predicted molar refractivity (Wildman–Crippen MR) is 98.0 cm³/mol. The maximum absolute atomic E-state index is 12.6. The molecule has 0 fully saturated rings. The standard InChI is InChI=1S/C19H17N3O3/c1-12(23)22(2)14-9-7-13(8-10-14)20-19(25)16-11-18(24)21-17-6-4-3-5-15(16)17/h3-11H,1-2H3,(H,20,25)(H,21,24). The van der Waals surface area contributed by atoms with E-state index >= 15 is 0 Å². The number of para-hydroxylation sites is 1. The fraction of sp³-hybridized carbons (Fsp3) is 0.105. The number of amides is 2. The second-order valence-corrected chi connectivity index (χ2v) is 5.67. The molecule has 0 aliphatic carbocycles. The van der Waals surface area contributed by atoms with Crippen molar-refractivity contribution in [3.8, 4) is 0 Å². The summed E-state index contributed by atoms with van der Waals surface area (Å²) in [4.78, 5) is 39.9. The van der Waals surface area contributed by atoms with Crippen molar-refractivity contribution in [1.29, 1.82) is 0 Å². The number of hydrogen-bond acceptors (Lipinski definition) is 3. The highest BCUT2D eigenvalue weighted by Crippen LogP contribution is 2.19. The van der Waals surface area contributed by atoms with E-state index in [2.05, 4.69) is 10.3 Å². The van der Waals surface area contributed by atoms with Crippen molar-refractivity contribution in [2.24, 2.45) is 0 Å². The number of aromatic amines is 1. The summed E-state index contributed by atoms with van der Waals surface area (Å²) in [6.07, 6.45) is 0. The molecule has 0 saturated carbocycles. The van der Waals surface area contributed by atoms with E-state index in [4.69, 9.17) is 0 Å². The summed E-state index contributed by atoms with van der Waals surface area (Å²) in [6.45, 7) is 1.48. The van der Waals surface area contributed by atoms with Crippen LogP contribution in [0.5, 0.6) is 0 Å². The van der Waals surface area contributed by atoms with Crippen molar-refractivity contribution in [2.75, 3.05) is 17.3 Å². The third-order valence-electron chi connectivity index (χ3n) is 3.98. The fourth-order valence-electron chi connectivity index (χ4n) is 2.54. The van der Waals surface area contributed by atoms with E-state index < -0.39 is 0 Å². The normalized spacial score (nSPS) is 10.5. The van der Waals surface area contributed by atoms with Crippen LogP contribution in [0.15, 0.2) is 59.4 Å². The van der Waals surface area contributed by atoms with Gasteiger partial charge in [0.25, 0.3) is 5.91 Å². The zero-order chi connectivity index (χ0) is 18.0. The SMILES string of the molecule is CC(=O)N(C)c1ccc(NC(=O)c2cc(=O)[nH]c3ccccc23)cc1. The van der Waals surface area contributed by atoms with Crippen molar-refractivity contribution >= 4 is 34.1 Å². The molecule has 3 rings (SSSR count). The summed E-state index contributed by atoms with van der Waals surface area (Å²) in [5.41, 5.74) is 1.90. The van der Waals surface area contributed by atoms with Gasteiger partial charge < -0.3 is 15.2 Å². The Morgan fingerprint density at radius 1 is 1.04 bits per heavy atom. The molecule has 25 heavy (non-hydrogen) atoms. The van der Waals surface area contributed by atoms with Crippen LogP contribution in [0.1, 0.15) is 17.3 Å². The van der Waals surface area contributed by atoms with Gasteiger partial charge in [0.1, 0.15) is 0 Å². The zero-order valence-corrected chi connectivity index (χ0v) is 13.9. The van der Waals surface area contributed by atoms with Crippen molar-refractivity contribution in [3.05, 3.63) is 70.5 Å². The first-order chi connectivity index (χ1) is 12.0. The molecule has 0 bridgehead atoms. The van der Waals surface area contributed by atoms with Crippen LogP contribution in [0.3, 0.4) is 0 Å². The van der Waals surface area contributed by atoms with Crippen LogP contribution < -0.4 is 15.8 Å². The smallest absolute Gasteiger partial charge is 0.256 e. The topological polar surface area (TPSA) is 82.3 Å². The van der Waals surface area contributed by atoms with Crippen LogP contribution in [-0.2, 0) is 4.79 Å². The summed E-state index contributed by atoms with van der Waals surface area (Å²) < 4.78 is 0. The van der Waals surface area contributed by atoms with Gasteiger partial charge in [-0.15, -0.1) is 0 Å². The van der Waals surface area contributed by atoms with E-state index in [0.717, 1.165) is 5.69 Å². The van der Waals surface area contributed by atoms with E-state index in [1.54, 1.807) is 49.5 Å². The van der Waals surface area contributed by atoms with E-state index in [1.165, 1.54) is 17.9 Å². The second-order valence-electron chi connectivity index (χ2n) is 5.67. The van der Waals surface area contributed by atoms with Crippen LogP contribution in [0.4, 0.5) is 11.4 Å². The quantitative estimate of drug-likeness (QED) is 0.772. The third kappa shape index (κ3) is 3.42. The number of anilines is 2. The van der Waals surface area contributed by atoms with E-state index in [1.807, 2.05) is 6.07 Å². The number of carbonyl (C=O) groups excluding carboxylic acids is 2. The molecule has 126 valence electrons. The van der Waals surface area contributed by atoms with Crippen molar-refractivity contribution in [3.63, 3.8) is 0 Å². The number of aromatic nitrogens is 1. The fourth-order valence-corrected chi connectivity index (χ4v) is 2.54. The minimum Gasteiger partial charge on any atom is -0.322 e. The van der Waals surface area contributed by atoms with Gasteiger partial charge in [-0.2, -0.15) is 0 Å². The van der Waals surface area contributed by atoms with Gasteiger partial charge in [-0.1, -0.05) is 18.2 Å². The largest absolute Gasteiger partial charge is 0.322 e. The molecule has 2 aromatic carbocycles. The first-order valence-corrected chi connectivity index (χ1v) is 7.73. The minimum atomic E-state index is -0.366. The molecule has 2 amide bonds. The molecule has 0 aliphatic rings. The summed E-state index contributed by atoms with van der Waals surface area (Å²) in [6, 6.07) is 15.3. The molecule has 1 aromatic heterocycles. The van der Waals surface area contributed by atoms with Crippen LogP contribution in [0, 0.1) is 0 Å². The maximum atomic E-state index is 12.6. The number of rotatable bonds is 3. The molecule has 0 spiro atoms. The lowest BCUT2D eigenvalue weighted by Crippen LogP contribution is -2.22. The lowest BCUT2D eigenvalue weighted by Gasteiger charge is -2.15. The average Bonchev–Trinajstić information content (AvgIpc) is 2.60. The lowest BCUT2D eigenvalue weighted by molar-refractivity contribution is -0.116. The highest BCUT2D eigenvalue weighted by atomic mass is 16.2. The minimum absolute atomic E-state index is 0.0771. The predicted octanol–water partition coefficient (Wildman–Crippen LogP) is 2.76. The highest BCUT2D eigenvalue weighted by Gasteiger charge is 2.12. The number of nitrogens with zero attached hydrogens (tertiary/aromatic N) is 1. The second kappa shape index (κ2) is 6.60. The van der Waals surface area contributed by atoms with Crippen LogP contribution in [0.2, 0.25) is 0 Å². The molecule has 2 N–H and O–H groups in total. The zero-order valence-electron chi connectivity index (χ0n) is 13.9. The Morgan fingerprint density at radius 2 is 1.72 bits per heavy atom. The maximum Gasteiger partial charge on any atom is 0.256 e. The molecule has 0 radical (unpaired) electrons. The van der Waals surface area contributed by atoms with Gasteiger partial charge in [-0.3, -0.25) is 14.4 Å². The monoisotopic (exact) mass is 335 g/mol. The van der Waals surface area contributed by atoms with Crippen LogP contribution >= 0.6 is 0 Å². The molecular formula is C19H17N3O3. The number of carbonyl (C=O) groups is 2. The summed E-state index contributed by atoms with van der Waals surface area (Å²) in [5.74, 6) is -0.443. The number of benzene rings is 2. The molecule has 0 aliphatic heterocycles. The number of fused-ring (bicyclic) bond motifs is 1. The molecule has 1 heterocycles. The molecule has 6 heteroatoms. The Balaban J connectivity index is 1.88. The first kappa shape index (κ1) is 16.4. The van der Waals surface area contributed by atoms with Gasteiger partial charge in [0.15, 0.2) is 0 Å². The number of nitrogens with one attached hydrogen (secondary N) is 2. The lowest BCUT2D eigenvalue weighted by atomic mass is 10.1. The van der Waals surface area contributed by atoms with Crippen LogP contribution in [0.25, 0.3) is 10.9 Å².